The fourth-order valence-electron chi connectivity index (χ4n) is 6.43. The number of hydrogen-bond donors (Lipinski definition) is 0. The SMILES string of the molecule is CC(=O)O[C@H]1CC[C@H]2[C@@H]3CC[C@@H]4CC(=O)CCN4[C@H]3CC[C@]12C. The maximum atomic E-state index is 11.8. The van der Waals surface area contributed by atoms with E-state index < -0.39 is 0 Å². The van der Waals surface area contributed by atoms with Gasteiger partial charge in [0.05, 0.1) is 0 Å². The third kappa shape index (κ3) is 2.45. The minimum Gasteiger partial charge on any atom is -0.462 e. The Balaban J connectivity index is 1.53. The highest BCUT2D eigenvalue weighted by Gasteiger charge is 2.57. The Hall–Kier alpha value is -0.900. The molecule has 2 saturated carbocycles. The number of esters is 1. The lowest BCUT2D eigenvalue weighted by molar-refractivity contribution is -0.157. The van der Waals surface area contributed by atoms with Crippen molar-refractivity contribution in [1.82, 2.24) is 4.90 Å². The Morgan fingerprint density at radius 2 is 2.04 bits per heavy atom. The molecule has 0 bridgehead atoms. The predicted molar refractivity (Wildman–Crippen MR) is 86.9 cm³/mol. The summed E-state index contributed by atoms with van der Waals surface area (Å²) in [5, 5.41) is 0. The highest BCUT2D eigenvalue weighted by atomic mass is 16.5. The van der Waals surface area contributed by atoms with Crippen molar-refractivity contribution in [2.24, 2.45) is 17.3 Å². The fraction of sp³-hybridized carbons (Fsp3) is 0.895. The molecule has 4 aliphatic rings. The molecule has 2 saturated heterocycles. The Morgan fingerprint density at radius 3 is 2.83 bits per heavy atom. The minimum absolute atomic E-state index is 0.117. The Kier molecular flexibility index (Phi) is 3.79. The number of ether oxygens (including phenoxy) is 1. The van der Waals surface area contributed by atoms with E-state index in [1.165, 1.54) is 32.6 Å². The van der Waals surface area contributed by atoms with E-state index in [1.54, 1.807) is 0 Å². The van der Waals surface area contributed by atoms with Crippen LogP contribution in [-0.2, 0) is 14.3 Å². The second-order valence-electron chi connectivity index (χ2n) is 8.52. The summed E-state index contributed by atoms with van der Waals surface area (Å²) < 4.78 is 5.69. The molecule has 2 aliphatic carbocycles. The van der Waals surface area contributed by atoms with Crippen LogP contribution in [0.1, 0.15) is 65.2 Å². The first-order chi connectivity index (χ1) is 11.0. The van der Waals surface area contributed by atoms with Crippen LogP contribution in [0.25, 0.3) is 0 Å². The van der Waals surface area contributed by atoms with Crippen molar-refractivity contribution in [1.29, 1.82) is 0 Å². The summed E-state index contributed by atoms with van der Waals surface area (Å²) in [6.45, 7) is 4.88. The maximum Gasteiger partial charge on any atom is 0.302 e. The average molecular weight is 319 g/mol. The van der Waals surface area contributed by atoms with Crippen molar-refractivity contribution in [3.63, 3.8) is 0 Å². The Bertz CT molecular complexity index is 519. The number of Topliss-reactive ketones (excluding diaryl/α,β-unsaturated/α-hetero) is 1. The van der Waals surface area contributed by atoms with Crippen molar-refractivity contribution in [3.8, 4) is 0 Å². The molecule has 4 heteroatoms. The monoisotopic (exact) mass is 319 g/mol. The summed E-state index contributed by atoms with van der Waals surface area (Å²) in [5.74, 6) is 1.75. The van der Waals surface area contributed by atoms with Crippen molar-refractivity contribution in [2.75, 3.05) is 6.54 Å². The molecular formula is C19H29NO3. The van der Waals surface area contributed by atoms with Crippen LogP contribution < -0.4 is 0 Å². The molecule has 0 unspecified atom stereocenters. The Morgan fingerprint density at radius 1 is 1.22 bits per heavy atom. The lowest BCUT2D eigenvalue weighted by atomic mass is 9.58. The van der Waals surface area contributed by atoms with Crippen LogP contribution in [0.3, 0.4) is 0 Å². The van der Waals surface area contributed by atoms with E-state index in [0.717, 1.165) is 38.1 Å². The van der Waals surface area contributed by atoms with Gasteiger partial charge in [-0.05, 0) is 50.4 Å². The molecule has 4 fully saturated rings. The van der Waals surface area contributed by atoms with Gasteiger partial charge in [-0.25, -0.2) is 0 Å². The molecule has 0 amide bonds. The Labute approximate surface area is 138 Å². The molecule has 0 radical (unpaired) electrons. The first kappa shape index (κ1) is 15.6. The molecule has 2 heterocycles. The van der Waals surface area contributed by atoms with Crippen LogP contribution in [0.4, 0.5) is 0 Å². The van der Waals surface area contributed by atoms with Gasteiger partial charge in [-0.2, -0.15) is 0 Å². The topological polar surface area (TPSA) is 46.6 Å². The van der Waals surface area contributed by atoms with Gasteiger partial charge in [0.1, 0.15) is 11.9 Å². The van der Waals surface area contributed by atoms with Crippen LogP contribution in [0.15, 0.2) is 0 Å². The van der Waals surface area contributed by atoms with Gasteiger partial charge in [0.2, 0.25) is 0 Å². The van der Waals surface area contributed by atoms with E-state index in [0.29, 0.717) is 23.8 Å². The number of ketones is 1. The third-order valence-electron chi connectivity index (χ3n) is 7.46. The van der Waals surface area contributed by atoms with E-state index >= 15 is 0 Å². The number of fused-ring (bicyclic) bond motifs is 5. The van der Waals surface area contributed by atoms with E-state index in [1.807, 2.05) is 0 Å². The van der Waals surface area contributed by atoms with Crippen molar-refractivity contribution in [2.45, 2.75) is 83.4 Å². The van der Waals surface area contributed by atoms with Crippen molar-refractivity contribution in [3.05, 3.63) is 0 Å². The second-order valence-corrected chi connectivity index (χ2v) is 8.52. The van der Waals surface area contributed by atoms with E-state index in [2.05, 4.69) is 11.8 Å². The molecule has 128 valence electrons. The molecule has 0 aromatic carbocycles. The van der Waals surface area contributed by atoms with Crippen LogP contribution >= 0.6 is 0 Å². The second kappa shape index (κ2) is 5.58. The molecule has 0 aromatic heterocycles. The summed E-state index contributed by atoms with van der Waals surface area (Å²) in [7, 11) is 0. The maximum absolute atomic E-state index is 11.8. The standard InChI is InChI=1S/C19H29NO3/c1-12(21)23-18-6-5-16-15-4-3-13-11-14(22)8-10-20(13)17(15)7-9-19(16,18)2/h13,15-18H,3-11H2,1-2H3/t13-,15+,16+,17+,18+,19+/m1/s1. The van der Waals surface area contributed by atoms with Crippen LogP contribution in [0, 0.1) is 17.3 Å². The summed E-state index contributed by atoms with van der Waals surface area (Å²) in [4.78, 5) is 25.9. The van der Waals surface area contributed by atoms with Crippen LogP contribution in [-0.4, -0.2) is 41.4 Å². The highest BCUT2D eigenvalue weighted by Crippen LogP contribution is 2.58. The number of nitrogens with zero attached hydrogens (tertiary/aromatic N) is 1. The predicted octanol–water partition coefficient (Wildman–Crippen LogP) is 2.94. The molecule has 0 N–H and O–H groups in total. The van der Waals surface area contributed by atoms with Crippen LogP contribution in [0.5, 0.6) is 0 Å². The van der Waals surface area contributed by atoms with Gasteiger partial charge in [-0.1, -0.05) is 6.92 Å². The highest BCUT2D eigenvalue weighted by molar-refractivity contribution is 5.80. The van der Waals surface area contributed by atoms with E-state index in [-0.39, 0.29) is 17.5 Å². The average Bonchev–Trinajstić information content (AvgIpc) is 2.83. The lowest BCUT2D eigenvalue weighted by Gasteiger charge is -2.56. The van der Waals surface area contributed by atoms with Crippen molar-refractivity contribution < 1.29 is 14.3 Å². The minimum atomic E-state index is -0.128. The van der Waals surface area contributed by atoms with Crippen molar-refractivity contribution >= 4 is 11.8 Å². The first-order valence-electron chi connectivity index (χ1n) is 9.43. The number of carbonyl (C=O) groups is 2. The zero-order chi connectivity index (χ0) is 16.2. The van der Waals surface area contributed by atoms with Gasteiger partial charge in [0.25, 0.3) is 0 Å². The van der Waals surface area contributed by atoms with Gasteiger partial charge in [-0.3, -0.25) is 14.5 Å². The smallest absolute Gasteiger partial charge is 0.302 e. The van der Waals surface area contributed by atoms with Gasteiger partial charge in [-0.15, -0.1) is 0 Å². The zero-order valence-electron chi connectivity index (χ0n) is 14.4. The van der Waals surface area contributed by atoms with Crippen LogP contribution in [0.2, 0.25) is 0 Å². The fourth-order valence-corrected chi connectivity index (χ4v) is 6.43. The van der Waals surface area contributed by atoms with Gasteiger partial charge < -0.3 is 4.74 Å². The summed E-state index contributed by atoms with van der Waals surface area (Å²) in [5.41, 5.74) is 0.172. The summed E-state index contributed by atoms with van der Waals surface area (Å²) >= 11 is 0. The molecule has 0 spiro atoms. The number of hydrogen-bond acceptors (Lipinski definition) is 4. The molecule has 2 aliphatic heterocycles. The first-order valence-corrected chi connectivity index (χ1v) is 9.43. The number of carbonyl (C=O) groups excluding carboxylic acids is 2. The van der Waals surface area contributed by atoms with Gasteiger partial charge >= 0.3 is 5.97 Å². The number of piperidine rings is 2. The lowest BCUT2D eigenvalue weighted by Crippen LogP contribution is -2.60. The molecule has 4 rings (SSSR count). The molecule has 23 heavy (non-hydrogen) atoms. The molecule has 0 aromatic rings. The summed E-state index contributed by atoms with van der Waals surface area (Å²) in [6.07, 6.45) is 8.68. The van der Waals surface area contributed by atoms with Gasteiger partial charge in [0, 0.05) is 43.8 Å². The number of rotatable bonds is 1. The molecule has 4 nitrogen and oxygen atoms in total. The molecular weight excluding hydrogens is 290 g/mol. The normalized spacial score (nSPS) is 46.7. The van der Waals surface area contributed by atoms with E-state index in [4.69, 9.17) is 4.74 Å². The summed E-state index contributed by atoms with van der Waals surface area (Å²) in [6, 6.07) is 1.17. The van der Waals surface area contributed by atoms with Gasteiger partial charge in [0.15, 0.2) is 0 Å². The van der Waals surface area contributed by atoms with E-state index in [9.17, 15) is 9.59 Å². The molecule has 6 atom stereocenters. The zero-order valence-corrected chi connectivity index (χ0v) is 14.4. The third-order valence-corrected chi connectivity index (χ3v) is 7.46. The quantitative estimate of drug-likeness (QED) is 0.697. The largest absolute Gasteiger partial charge is 0.462 e.